The Morgan fingerprint density at radius 2 is 1.21 bits per heavy atom. The SMILES string of the molecule is Cc1c(-c2ccccc2)c(NCC(Nc2nn(C(=O)O)c(C)c2-c2ccccc2)C(C)(C)C)nn1C(=O)O. The first-order valence-corrected chi connectivity index (χ1v) is 12.3. The van der Waals surface area contributed by atoms with Crippen LogP contribution in [0, 0.1) is 19.3 Å². The van der Waals surface area contributed by atoms with E-state index >= 15 is 0 Å². The zero-order valence-electron chi connectivity index (χ0n) is 22.1. The molecule has 0 saturated heterocycles. The van der Waals surface area contributed by atoms with Crippen molar-refractivity contribution in [1.82, 2.24) is 19.6 Å². The van der Waals surface area contributed by atoms with Crippen molar-refractivity contribution in [3.63, 3.8) is 0 Å². The molecule has 2 heterocycles. The molecule has 2 aromatic heterocycles. The number of nitrogens with one attached hydrogen (secondary N) is 2. The molecule has 0 saturated carbocycles. The fourth-order valence-corrected chi connectivity index (χ4v) is 4.44. The highest BCUT2D eigenvalue weighted by Gasteiger charge is 2.29. The molecule has 2 aromatic carbocycles. The van der Waals surface area contributed by atoms with Crippen LogP contribution in [0.15, 0.2) is 60.7 Å². The number of hydrogen-bond acceptors (Lipinski definition) is 6. The molecule has 10 nitrogen and oxygen atoms in total. The van der Waals surface area contributed by atoms with Crippen molar-refractivity contribution < 1.29 is 19.8 Å². The molecule has 0 aliphatic heterocycles. The first-order valence-electron chi connectivity index (χ1n) is 12.3. The van der Waals surface area contributed by atoms with Gasteiger partial charge in [-0.1, -0.05) is 81.4 Å². The summed E-state index contributed by atoms with van der Waals surface area (Å²) in [7, 11) is 0. The highest BCUT2D eigenvalue weighted by Crippen LogP contribution is 2.35. The second-order valence-corrected chi connectivity index (χ2v) is 10.2. The van der Waals surface area contributed by atoms with Crippen molar-refractivity contribution in [3.05, 3.63) is 72.1 Å². The van der Waals surface area contributed by atoms with Crippen LogP contribution in [0.5, 0.6) is 0 Å². The van der Waals surface area contributed by atoms with Crippen LogP contribution in [0.3, 0.4) is 0 Å². The summed E-state index contributed by atoms with van der Waals surface area (Å²) in [5.74, 6) is 0.899. The summed E-state index contributed by atoms with van der Waals surface area (Å²) in [5.41, 5.74) is 3.84. The molecule has 0 aliphatic rings. The summed E-state index contributed by atoms with van der Waals surface area (Å²) < 4.78 is 1.94. The average Bonchev–Trinajstić information content (AvgIpc) is 3.38. The molecule has 10 heteroatoms. The predicted octanol–water partition coefficient (Wildman–Crippen LogP) is 6.02. The van der Waals surface area contributed by atoms with E-state index in [0.29, 0.717) is 40.7 Å². The van der Waals surface area contributed by atoms with Crippen LogP contribution in [-0.2, 0) is 0 Å². The van der Waals surface area contributed by atoms with Gasteiger partial charge in [0.15, 0.2) is 11.6 Å². The number of carboxylic acid groups (broad SMARTS) is 2. The predicted molar refractivity (Wildman–Crippen MR) is 147 cm³/mol. The lowest BCUT2D eigenvalue weighted by atomic mass is 9.86. The topological polar surface area (TPSA) is 134 Å². The summed E-state index contributed by atoms with van der Waals surface area (Å²) in [6.07, 6.45) is -2.33. The lowest BCUT2D eigenvalue weighted by Gasteiger charge is -2.32. The van der Waals surface area contributed by atoms with Crippen molar-refractivity contribution in [3.8, 4) is 22.3 Å². The Morgan fingerprint density at radius 1 is 0.789 bits per heavy atom. The third kappa shape index (κ3) is 5.24. The van der Waals surface area contributed by atoms with E-state index in [9.17, 15) is 19.8 Å². The van der Waals surface area contributed by atoms with E-state index < -0.39 is 12.2 Å². The quantitative estimate of drug-likeness (QED) is 0.234. The number of hydrogen-bond donors (Lipinski definition) is 4. The van der Waals surface area contributed by atoms with Crippen molar-refractivity contribution >= 4 is 23.8 Å². The van der Waals surface area contributed by atoms with E-state index in [1.54, 1.807) is 13.8 Å². The van der Waals surface area contributed by atoms with Gasteiger partial charge in [0.1, 0.15) is 0 Å². The average molecular weight is 517 g/mol. The Labute approximate surface area is 220 Å². The molecule has 0 spiro atoms. The first kappa shape index (κ1) is 26.5. The summed E-state index contributed by atoms with van der Waals surface area (Å²) in [6.45, 7) is 10.0. The summed E-state index contributed by atoms with van der Waals surface area (Å²) in [5, 5.41) is 34.9. The fraction of sp³-hybridized carbons (Fsp3) is 0.286. The van der Waals surface area contributed by atoms with E-state index in [0.717, 1.165) is 20.5 Å². The number of nitrogens with zero attached hydrogens (tertiary/aromatic N) is 4. The molecular weight excluding hydrogens is 484 g/mol. The van der Waals surface area contributed by atoms with Crippen LogP contribution in [0.2, 0.25) is 0 Å². The lowest BCUT2D eigenvalue weighted by molar-refractivity contribution is 0.191. The maximum absolute atomic E-state index is 11.9. The van der Waals surface area contributed by atoms with Crippen molar-refractivity contribution in [2.24, 2.45) is 5.41 Å². The fourth-order valence-electron chi connectivity index (χ4n) is 4.44. The van der Waals surface area contributed by atoms with E-state index in [4.69, 9.17) is 0 Å². The molecule has 0 radical (unpaired) electrons. The summed E-state index contributed by atoms with van der Waals surface area (Å²) >= 11 is 0. The zero-order valence-corrected chi connectivity index (χ0v) is 22.1. The van der Waals surface area contributed by atoms with Gasteiger partial charge in [0.2, 0.25) is 0 Å². The summed E-state index contributed by atoms with van der Waals surface area (Å²) in [6, 6.07) is 18.8. The molecular formula is C28H32N6O4. The van der Waals surface area contributed by atoms with Crippen LogP contribution >= 0.6 is 0 Å². The van der Waals surface area contributed by atoms with Gasteiger partial charge in [-0.05, 0) is 30.4 Å². The number of benzene rings is 2. The number of aromatic nitrogens is 4. The van der Waals surface area contributed by atoms with Crippen molar-refractivity contribution in [2.75, 3.05) is 17.2 Å². The molecule has 38 heavy (non-hydrogen) atoms. The van der Waals surface area contributed by atoms with E-state index in [-0.39, 0.29) is 11.5 Å². The van der Waals surface area contributed by atoms with Gasteiger partial charge in [-0.15, -0.1) is 10.2 Å². The van der Waals surface area contributed by atoms with Gasteiger partial charge in [0.25, 0.3) is 0 Å². The largest absolute Gasteiger partial charge is 0.463 e. The molecule has 1 atom stereocenters. The van der Waals surface area contributed by atoms with Crippen LogP contribution < -0.4 is 10.6 Å². The van der Waals surface area contributed by atoms with E-state index in [1.807, 2.05) is 60.7 Å². The molecule has 0 aliphatic carbocycles. The molecule has 0 amide bonds. The van der Waals surface area contributed by atoms with Crippen molar-refractivity contribution in [2.45, 2.75) is 40.7 Å². The normalized spacial score (nSPS) is 12.2. The Bertz CT molecular complexity index is 1450. The Hall–Kier alpha value is -4.60. The van der Waals surface area contributed by atoms with Crippen LogP contribution in [0.4, 0.5) is 21.2 Å². The van der Waals surface area contributed by atoms with Gasteiger partial charge in [0, 0.05) is 23.7 Å². The molecule has 0 bridgehead atoms. The smallest absolute Gasteiger partial charge is 0.432 e. The number of carbonyl (C=O) groups is 2. The van der Waals surface area contributed by atoms with Crippen LogP contribution in [-0.4, -0.2) is 54.5 Å². The molecule has 4 N–H and O–H groups in total. The Kier molecular flexibility index (Phi) is 7.25. The number of rotatable bonds is 7. The second-order valence-electron chi connectivity index (χ2n) is 10.2. The Balaban J connectivity index is 1.71. The lowest BCUT2D eigenvalue weighted by Crippen LogP contribution is -2.40. The van der Waals surface area contributed by atoms with Gasteiger partial charge < -0.3 is 20.8 Å². The summed E-state index contributed by atoms with van der Waals surface area (Å²) in [4.78, 5) is 23.7. The van der Waals surface area contributed by atoms with Crippen molar-refractivity contribution in [1.29, 1.82) is 0 Å². The highest BCUT2D eigenvalue weighted by molar-refractivity contribution is 5.83. The van der Waals surface area contributed by atoms with Gasteiger partial charge in [-0.25, -0.2) is 9.59 Å². The monoisotopic (exact) mass is 516 g/mol. The molecule has 198 valence electrons. The maximum atomic E-state index is 11.9. The van der Waals surface area contributed by atoms with Gasteiger partial charge in [0.05, 0.1) is 11.4 Å². The minimum absolute atomic E-state index is 0.236. The highest BCUT2D eigenvalue weighted by atomic mass is 16.4. The minimum Gasteiger partial charge on any atom is -0.463 e. The minimum atomic E-state index is -1.17. The van der Waals surface area contributed by atoms with E-state index in [1.165, 1.54) is 0 Å². The number of anilines is 2. The zero-order chi connectivity index (χ0) is 27.6. The van der Waals surface area contributed by atoms with Crippen LogP contribution in [0.1, 0.15) is 32.2 Å². The third-order valence-corrected chi connectivity index (χ3v) is 6.55. The standard InChI is InChI=1S/C28H32N6O4/c1-17-22(19-12-8-6-9-13-19)24(31-33(17)26(35)36)29-16-21(28(3,4)5)30-25-23(20-14-10-7-11-15-20)18(2)34(32-25)27(37)38/h6-15,21H,16H2,1-5H3,(H,29,31)(H,30,32)(H,35,36)(H,37,38). The van der Waals surface area contributed by atoms with E-state index in [2.05, 4.69) is 41.6 Å². The van der Waals surface area contributed by atoms with Gasteiger partial charge in [-0.2, -0.15) is 9.36 Å². The molecule has 1 unspecified atom stereocenters. The van der Waals surface area contributed by atoms with Gasteiger partial charge in [-0.3, -0.25) is 0 Å². The first-order chi connectivity index (χ1) is 18.0. The Morgan fingerprint density at radius 3 is 1.63 bits per heavy atom. The molecule has 4 rings (SSSR count). The van der Waals surface area contributed by atoms with Crippen LogP contribution in [0.25, 0.3) is 22.3 Å². The third-order valence-electron chi connectivity index (χ3n) is 6.55. The molecule has 0 fully saturated rings. The second kappa shape index (κ2) is 10.4. The van der Waals surface area contributed by atoms with Gasteiger partial charge >= 0.3 is 12.2 Å². The molecule has 4 aromatic rings. The maximum Gasteiger partial charge on any atom is 0.432 e.